The largest absolute Gasteiger partial charge is 0.357 e. The number of hydrogen-bond acceptors (Lipinski definition) is 1. The van der Waals surface area contributed by atoms with Crippen molar-refractivity contribution >= 4 is 5.91 Å². The van der Waals surface area contributed by atoms with Crippen molar-refractivity contribution in [1.29, 1.82) is 0 Å². The van der Waals surface area contributed by atoms with Crippen molar-refractivity contribution in [2.45, 2.75) is 6.54 Å². The van der Waals surface area contributed by atoms with Gasteiger partial charge in [-0.15, -0.1) is 0 Å². The number of H-pyrrole nitrogens is 1. The molecule has 16 heavy (non-hydrogen) atoms. The fourth-order valence-electron chi connectivity index (χ4n) is 1.44. The molecule has 2 N–H and O–H groups in total. The molecule has 2 aromatic rings. The predicted octanol–water partition coefficient (Wildman–Crippen LogP) is 1.42. The van der Waals surface area contributed by atoms with Gasteiger partial charge in [0.15, 0.2) is 0 Å². The predicted molar refractivity (Wildman–Crippen MR) is 57.3 cm³/mol. The minimum absolute atomic E-state index is 0.230. The van der Waals surface area contributed by atoms with Gasteiger partial charge in [-0.3, -0.25) is 4.79 Å². The van der Waals surface area contributed by atoms with E-state index >= 15 is 0 Å². The lowest BCUT2D eigenvalue weighted by molar-refractivity contribution is 0.0946. The Hall–Kier alpha value is -2.04. The molecule has 2 rings (SSSR count). The first-order valence-electron chi connectivity index (χ1n) is 4.88. The van der Waals surface area contributed by atoms with Gasteiger partial charge in [-0.05, 0) is 11.6 Å². The molecule has 0 spiro atoms. The number of halogens is 1. The molecule has 0 aliphatic rings. The van der Waals surface area contributed by atoms with Crippen LogP contribution in [0, 0.1) is 5.82 Å². The summed E-state index contributed by atoms with van der Waals surface area (Å²) in [7, 11) is 1.91. The minimum Gasteiger partial charge on any atom is -0.357 e. The van der Waals surface area contributed by atoms with Crippen LogP contribution >= 0.6 is 0 Å². The highest BCUT2D eigenvalue weighted by Gasteiger charge is 2.07. The molecule has 0 atom stereocenters. The smallest absolute Gasteiger partial charge is 0.268 e. The number of aryl methyl sites for hydroxylation is 1. The highest BCUT2D eigenvalue weighted by Crippen LogP contribution is 2.02. The van der Waals surface area contributed by atoms with E-state index in [-0.39, 0.29) is 11.6 Å². The maximum atomic E-state index is 12.6. The summed E-state index contributed by atoms with van der Waals surface area (Å²) in [4.78, 5) is 14.1. The van der Waals surface area contributed by atoms with Gasteiger partial charge >= 0.3 is 0 Å². The number of amides is 1. The van der Waals surface area contributed by atoms with Gasteiger partial charge in [-0.1, -0.05) is 0 Å². The molecule has 0 radical (unpaired) electrons. The van der Waals surface area contributed by atoms with Crippen LogP contribution in [0.25, 0.3) is 0 Å². The van der Waals surface area contributed by atoms with Gasteiger partial charge in [0.05, 0.1) is 0 Å². The molecule has 5 heteroatoms. The number of nitrogens with one attached hydrogen (secondary N) is 2. The quantitative estimate of drug-likeness (QED) is 0.809. The van der Waals surface area contributed by atoms with E-state index in [9.17, 15) is 9.18 Å². The fraction of sp³-hybridized carbons (Fsp3) is 0.182. The average molecular weight is 221 g/mol. The second-order valence-electron chi connectivity index (χ2n) is 3.60. The van der Waals surface area contributed by atoms with Crippen molar-refractivity contribution in [3.05, 3.63) is 47.8 Å². The Bertz CT molecular complexity index is 501. The Labute approximate surface area is 92.1 Å². The molecule has 0 fully saturated rings. The van der Waals surface area contributed by atoms with Crippen LogP contribution in [-0.2, 0) is 13.6 Å². The highest BCUT2D eigenvalue weighted by molar-refractivity contribution is 5.92. The molecule has 2 heterocycles. The Morgan fingerprint density at radius 3 is 3.00 bits per heavy atom. The first-order chi connectivity index (χ1) is 7.65. The van der Waals surface area contributed by atoms with Crippen LogP contribution in [0.3, 0.4) is 0 Å². The standard InChI is InChI=1S/C11H12FN3O/c1-15-3-2-8(7-15)5-14-11(16)10-4-9(12)6-13-10/h2-4,6-7,13H,5H2,1H3,(H,14,16). The Kier molecular flexibility index (Phi) is 2.76. The van der Waals surface area contributed by atoms with Crippen LogP contribution in [0.4, 0.5) is 4.39 Å². The van der Waals surface area contributed by atoms with Gasteiger partial charge in [0.2, 0.25) is 0 Å². The van der Waals surface area contributed by atoms with Crippen LogP contribution < -0.4 is 5.32 Å². The van der Waals surface area contributed by atoms with E-state index < -0.39 is 5.82 Å². The zero-order chi connectivity index (χ0) is 11.5. The van der Waals surface area contributed by atoms with Crippen LogP contribution in [0.5, 0.6) is 0 Å². The zero-order valence-corrected chi connectivity index (χ0v) is 8.83. The van der Waals surface area contributed by atoms with Gasteiger partial charge in [-0.2, -0.15) is 0 Å². The van der Waals surface area contributed by atoms with Crippen molar-refractivity contribution < 1.29 is 9.18 Å². The molecule has 1 amide bonds. The van der Waals surface area contributed by atoms with Gasteiger partial charge in [0.25, 0.3) is 5.91 Å². The summed E-state index contributed by atoms with van der Waals surface area (Å²) in [6.07, 6.45) is 4.96. The Morgan fingerprint density at radius 1 is 1.62 bits per heavy atom. The van der Waals surface area contributed by atoms with Crippen LogP contribution in [-0.4, -0.2) is 15.5 Å². The van der Waals surface area contributed by atoms with E-state index in [4.69, 9.17) is 0 Å². The number of aromatic amines is 1. The van der Waals surface area contributed by atoms with E-state index in [0.717, 1.165) is 11.8 Å². The Morgan fingerprint density at radius 2 is 2.44 bits per heavy atom. The molecule has 0 saturated carbocycles. The first-order valence-corrected chi connectivity index (χ1v) is 4.88. The fourth-order valence-corrected chi connectivity index (χ4v) is 1.44. The molecule has 0 unspecified atom stereocenters. The molecule has 84 valence electrons. The van der Waals surface area contributed by atoms with Crippen molar-refractivity contribution in [3.63, 3.8) is 0 Å². The normalized spacial score (nSPS) is 10.4. The summed E-state index contributed by atoms with van der Waals surface area (Å²) in [6, 6.07) is 3.08. The third-order valence-corrected chi connectivity index (χ3v) is 2.24. The Balaban J connectivity index is 1.93. The number of aromatic nitrogens is 2. The van der Waals surface area contributed by atoms with Crippen LogP contribution in [0.15, 0.2) is 30.7 Å². The van der Waals surface area contributed by atoms with E-state index in [2.05, 4.69) is 10.3 Å². The monoisotopic (exact) mass is 221 g/mol. The second kappa shape index (κ2) is 4.22. The molecule has 2 aromatic heterocycles. The summed E-state index contributed by atoms with van der Waals surface area (Å²) < 4.78 is 14.5. The lowest BCUT2D eigenvalue weighted by Gasteiger charge is -2.01. The maximum absolute atomic E-state index is 12.6. The molecular formula is C11H12FN3O. The van der Waals surface area contributed by atoms with Crippen molar-refractivity contribution in [3.8, 4) is 0 Å². The number of rotatable bonds is 3. The molecule has 4 nitrogen and oxygen atoms in total. The van der Waals surface area contributed by atoms with Gasteiger partial charge < -0.3 is 14.9 Å². The number of hydrogen-bond donors (Lipinski definition) is 2. The van der Waals surface area contributed by atoms with Crippen molar-refractivity contribution in [2.24, 2.45) is 7.05 Å². The molecule has 0 aliphatic carbocycles. The van der Waals surface area contributed by atoms with E-state index in [1.54, 1.807) is 0 Å². The third kappa shape index (κ3) is 2.31. The van der Waals surface area contributed by atoms with E-state index in [0.29, 0.717) is 6.54 Å². The van der Waals surface area contributed by atoms with Crippen molar-refractivity contribution in [1.82, 2.24) is 14.9 Å². The summed E-state index contributed by atoms with van der Waals surface area (Å²) in [5, 5.41) is 2.69. The number of nitrogens with zero attached hydrogens (tertiary/aromatic N) is 1. The SMILES string of the molecule is Cn1ccc(CNC(=O)c2cc(F)c[nH]2)c1. The minimum atomic E-state index is -0.440. The maximum Gasteiger partial charge on any atom is 0.268 e. The molecule has 0 aromatic carbocycles. The summed E-state index contributed by atoms with van der Waals surface area (Å²) in [5.74, 6) is -0.752. The second-order valence-corrected chi connectivity index (χ2v) is 3.60. The summed E-state index contributed by atoms with van der Waals surface area (Å²) >= 11 is 0. The topological polar surface area (TPSA) is 49.8 Å². The summed E-state index contributed by atoms with van der Waals surface area (Å²) in [6.45, 7) is 0.431. The van der Waals surface area contributed by atoms with Gasteiger partial charge in [-0.25, -0.2) is 4.39 Å². The van der Waals surface area contributed by atoms with Crippen molar-refractivity contribution in [2.75, 3.05) is 0 Å². The number of carbonyl (C=O) groups is 1. The highest BCUT2D eigenvalue weighted by atomic mass is 19.1. The lowest BCUT2D eigenvalue weighted by atomic mass is 10.3. The van der Waals surface area contributed by atoms with Gasteiger partial charge in [0.1, 0.15) is 11.5 Å². The third-order valence-electron chi connectivity index (χ3n) is 2.24. The zero-order valence-electron chi connectivity index (χ0n) is 8.83. The van der Waals surface area contributed by atoms with E-state index in [1.807, 2.05) is 30.1 Å². The van der Waals surface area contributed by atoms with Crippen LogP contribution in [0.1, 0.15) is 16.1 Å². The van der Waals surface area contributed by atoms with Gasteiger partial charge in [0, 0.05) is 38.2 Å². The van der Waals surface area contributed by atoms with E-state index in [1.165, 1.54) is 6.07 Å². The van der Waals surface area contributed by atoms with Crippen LogP contribution in [0.2, 0.25) is 0 Å². The molecule has 0 saturated heterocycles. The summed E-state index contributed by atoms with van der Waals surface area (Å²) in [5.41, 5.74) is 1.23. The molecule has 0 bridgehead atoms. The first kappa shape index (κ1) is 10.5. The number of carbonyl (C=O) groups excluding carboxylic acids is 1. The molecule has 0 aliphatic heterocycles. The lowest BCUT2D eigenvalue weighted by Crippen LogP contribution is -2.22. The average Bonchev–Trinajstić information content (AvgIpc) is 2.84. The molecular weight excluding hydrogens is 209 g/mol.